The number of amides is 1. The SMILES string of the molecule is Cc1ccc(N2C(=O)c3ccccc3[C@H]2Nc2ccc(Br)cc2)nc1. The largest absolute Gasteiger partial charge is 0.361 e. The molecule has 0 aliphatic carbocycles. The third-order valence-corrected chi connectivity index (χ3v) is 4.78. The summed E-state index contributed by atoms with van der Waals surface area (Å²) in [6, 6.07) is 19.4. The molecular weight excluding hydrogens is 378 g/mol. The highest BCUT2D eigenvalue weighted by atomic mass is 79.9. The van der Waals surface area contributed by atoms with Crippen molar-refractivity contribution < 1.29 is 4.79 Å². The number of halogens is 1. The number of pyridine rings is 1. The zero-order chi connectivity index (χ0) is 17.4. The summed E-state index contributed by atoms with van der Waals surface area (Å²) in [5.41, 5.74) is 3.66. The zero-order valence-electron chi connectivity index (χ0n) is 13.6. The van der Waals surface area contributed by atoms with Crippen LogP contribution in [0.15, 0.2) is 71.3 Å². The average molecular weight is 394 g/mol. The van der Waals surface area contributed by atoms with Crippen LogP contribution < -0.4 is 10.2 Å². The molecule has 5 heteroatoms. The second kappa shape index (κ2) is 6.33. The summed E-state index contributed by atoms with van der Waals surface area (Å²) >= 11 is 3.45. The Labute approximate surface area is 154 Å². The van der Waals surface area contributed by atoms with Crippen molar-refractivity contribution in [2.45, 2.75) is 13.1 Å². The van der Waals surface area contributed by atoms with E-state index in [0.29, 0.717) is 11.4 Å². The molecule has 0 unspecified atom stereocenters. The van der Waals surface area contributed by atoms with E-state index in [1.165, 1.54) is 0 Å². The van der Waals surface area contributed by atoms with E-state index in [-0.39, 0.29) is 12.1 Å². The van der Waals surface area contributed by atoms with Crippen LogP contribution in [0.25, 0.3) is 0 Å². The molecule has 4 nitrogen and oxygen atoms in total. The lowest BCUT2D eigenvalue weighted by Gasteiger charge is -2.26. The second-order valence-corrected chi connectivity index (χ2v) is 6.93. The van der Waals surface area contributed by atoms with Gasteiger partial charge in [-0.3, -0.25) is 9.69 Å². The minimum atomic E-state index is -0.292. The van der Waals surface area contributed by atoms with Gasteiger partial charge in [-0.15, -0.1) is 0 Å². The van der Waals surface area contributed by atoms with Gasteiger partial charge in [-0.25, -0.2) is 4.98 Å². The number of anilines is 2. The van der Waals surface area contributed by atoms with Gasteiger partial charge < -0.3 is 5.32 Å². The van der Waals surface area contributed by atoms with Gasteiger partial charge >= 0.3 is 0 Å². The Balaban J connectivity index is 1.77. The van der Waals surface area contributed by atoms with Gasteiger partial charge in [0.25, 0.3) is 5.91 Å². The number of rotatable bonds is 3. The Hall–Kier alpha value is -2.66. The summed E-state index contributed by atoms with van der Waals surface area (Å²) in [6.07, 6.45) is 1.49. The highest BCUT2D eigenvalue weighted by Gasteiger charge is 2.38. The number of hydrogen-bond acceptors (Lipinski definition) is 3. The third-order valence-electron chi connectivity index (χ3n) is 4.25. The maximum Gasteiger partial charge on any atom is 0.261 e. The van der Waals surface area contributed by atoms with Crippen LogP contribution in [-0.2, 0) is 0 Å². The van der Waals surface area contributed by atoms with Crippen LogP contribution in [-0.4, -0.2) is 10.9 Å². The Kier molecular flexibility index (Phi) is 4.01. The maximum absolute atomic E-state index is 13.0. The monoisotopic (exact) mass is 393 g/mol. The van der Waals surface area contributed by atoms with Crippen molar-refractivity contribution in [3.05, 3.63) is 88.0 Å². The molecule has 25 heavy (non-hydrogen) atoms. The molecule has 2 heterocycles. The molecule has 1 N–H and O–H groups in total. The molecule has 2 aromatic carbocycles. The minimum Gasteiger partial charge on any atom is -0.361 e. The van der Waals surface area contributed by atoms with Crippen molar-refractivity contribution in [2.24, 2.45) is 0 Å². The molecule has 0 bridgehead atoms. The van der Waals surface area contributed by atoms with E-state index in [2.05, 4.69) is 26.2 Å². The first-order valence-electron chi connectivity index (χ1n) is 8.01. The summed E-state index contributed by atoms with van der Waals surface area (Å²) in [5.74, 6) is 0.600. The number of nitrogens with one attached hydrogen (secondary N) is 1. The van der Waals surface area contributed by atoms with E-state index in [9.17, 15) is 4.79 Å². The van der Waals surface area contributed by atoms with Gasteiger partial charge in [0, 0.05) is 27.5 Å². The Morgan fingerprint density at radius 2 is 1.80 bits per heavy atom. The predicted octanol–water partition coefficient (Wildman–Crippen LogP) is 4.92. The van der Waals surface area contributed by atoms with Gasteiger partial charge in [-0.1, -0.05) is 40.2 Å². The van der Waals surface area contributed by atoms with E-state index < -0.39 is 0 Å². The lowest BCUT2D eigenvalue weighted by molar-refractivity contribution is 0.0992. The number of nitrogens with zero attached hydrogens (tertiary/aromatic N) is 2. The Morgan fingerprint density at radius 1 is 1.04 bits per heavy atom. The molecular formula is C20H16BrN3O. The first-order valence-corrected chi connectivity index (χ1v) is 8.80. The maximum atomic E-state index is 13.0. The van der Waals surface area contributed by atoms with Crippen LogP contribution in [0, 0.1) is 6.92 Å². The van der Waals surface area contributed by atoms with Gasteiger partial charge in [0.15, 0.2) is 0 Å². The fourth-order valence-electron chi connectivity index (χ4n) is 3.00. The lowest BCUT2D eigenvalue weighted by atomic mass is 10.1. The molecule has 1 atom stereocenters. The highest BCUT2D eigenvalue weighted by molar-refractivity contribution is 9.10. The smallest absolute Gasteiger partial charge is 0.261 e. The number of benzene rings is 2. The van der Waals surface area contributed by atoms with Gasteiger partial charge in [-0.2, -0.15) is 0 Å². The highest BCUT2D eigenvalue weighted by Crippen LogP contribution is 2.37. The van der Waals surface area contributed by atoms with Crippen molar-refractivity contribution in [3.8, 4) is 0 Å². The minimum absolute atomic E-state index is 0.0402. The molecule has 4 rings (SSSR count). The molecule has 0 radical (unpaired) electrons. The number of carbonyl (C=O) groups is 1. The van der Waals surface area contributed by atoms with Crippen molar-refractivity contribution >= 4 is 33.3 Å². The van der Waals surface area contributed by atoms with Crippen molar-refractivity contribution in [1.82, 2.24) is 4.98 Å². The summed E-state index contributed by atoms with van der Waals surface area (Å²) in [4.78, 5) is 19.1. The van der Waals surface area contributed by atoms with Gasteiger partial charge in [-0.05, 0) is 48.9 Å². The molecule has 1 aromatic heterocycles. The summed E-state index contributed by atoms with van der Waals surface area (Å²) < 4.78 is 1.01. The van der Waals surface area contributed by atoms with Crippen LogP contribution in [0.2, 0.25) is 0 Å². The molecule has 1 aliphatic rings. The van der Waals surface area contributed by atoms with Gasteiger partial charge in [0.2, 0.25) is 0 Å². The van der Waals surface area contributed by atoms with Crippen LogP contribution in [0.1, 0.15) is 27.7 Å². The standard InChI is InChI=1S/C20H16BrN3O/c1-13-6-11-18(22-12-13)24-19(23-15-9-7-14(21)8-10-15)16-4-2-3-5-17(16)20(24)25/h2-12,19,23H,1H3/t19-/m0/s1. The summed E-state index contributed by atoms with van der Waals surface area (Å²) in [5, 5.41) is 3.46. The fraction of sp³-hybridized carbons (Fsp3) is 0.100. The molecule has 3 aromatic rings. The molecule has 1 amide bonds. The quantitative estimate of drug-likeness (QED) is 0.686. The van der Waals surface area contributed by atoms with E-state index in [1.54, 1.807) is 11.1 Å². The number of aromatic nitrogens is 1. The molecule has 0 fully saturated rings. The van der Waals surface area contributed by atoms with E-state index in [1.807, 2.05) is 67.6 Å². The molecule has 0 saturated carbocycles. The first kappa shape index (κ1) is 15.8. The fourth-order valence-corrected chi connectivity index (χ4v) is 3.27. The third kappa shape index (κ3) is 2.91. The van der Waals surface area contributed by atoms with Crippen molar-refractivity contribution in [3.63, 3.8) is 0 Å². The van der Waals surface area contributed by atoms with Gasteiger partial charge in [0.1, 0.15) is 12.0 Å². The van der Waals surface area contributed by atoms with Crippen LogP contribution in [0.5, 0.6) is 0 Å². The van der Waals surface area contributed by atoms with Crippen LogP contribution in [0.3, 0.4) is 0 Å². The molecule has 124 valence electrons. The zero-order valence-corrected chi connectivity index (χ0v) is 15.2. The first-order chi connectivity index (χ1) is 12.1. The van der Waals surface area contributed by atoms with E-state index in [0.717, 1.165) is 21.3 Å². The predicted molar refractivity (Wildman–Crippen MR) is 103 cm³/mol. The Morgan fingerprint density at radius 3 is 2.52 bits per heavy atom. The number of fused-ring (bicyclic) bond motifs is 1. The van der Waals surface area contributed by atoms with Gasteiger partial charge in [0.05, 0.1) is 0 Å². The van der Waals surface area contributed by atoms with Crippen LogP contribution >= 0.6 is 15.9 Å². The molecule has 0 spiro atoms. The van der Waals surface area contributed by atoms with Crippen molar-refractivity contribution in [1.29, 1.82) is 0 Å². The number of carbonyl (C=O) groups excluding carboxylic acids is 1. The lowest BCUT2D eigenvalue weighted by Crippen LogP contribution is -2.32. The van der Waals surface area contributed by atoms with E-state index >= 15 is 0 Å². The summed E-state index contributed by atoms with van der Waals surface area (Å²) in [7, 11) is 0. The average Bonchev–Trinajstić information content (AvgIpc) is 2.90. The number of hydrogen-bond donors (Lipinski definition) is 1. The van der Waals surface area contributed by atoms with Crippen LogP contribution in [0.4, 0.5) is 11.5 Å². The molecule has 0 saturated heterocycles. The second-order valence-electron chi connectivity index (χ2n) is 6.01. The normalized spacial score (nSPS) is 16.0. The topological polar surface area (TPSA) is 45.2 Å². The van der Waals surface area contributed by atoms with E-state index in [4.69, 9.17) is 0 Å². The molecule has 1 aliphatic heterocycles. The summed E-state index contributed by atoms with van der Waals surface area (Å²) in [6.45, 7) is 1.98. The Bertz CT molecular complexity index is 922. The number of aryl methyl sites for hydroxylation is 1. The van der Waals surface area contributed by atoms with Crippen molar-refractivity contribution in [2.75, 3.05) is 10.2 Å².